The zero-order chi connectivity index (χ0) is 18.6. The van der Waals surface area contributed by atoms with Gasteiger partial charge in [0, 0.05) is 17.6 Å². The van der Waals surface area contributed by atoms with Gasteiger partial charge in [-0.1, -0.05) is 30.6 Å². The number of aryl methyl sites for hydroxylation is 1. The van der Waals surface area contributed by atoms with Gasteiger partial charge in [-0.15, -0.1) is 0 Å². The minimum absolute atomic E-state index is 0.0455. The Balaban J connectivity index is 2.19. The summed E-state index contributed by atoms with van der Waals surface area (Å²) in [5.74, 6) is 0.342. The Bertz CT molecular complexity index is 831. The van der Waals surface area contributed by atoms with Crippen molar-refractivity contribution in [3.05, 3.63) is 41.1 Å². The largest absolute Gasteiger partial charge is 0.360 e. The van der Waals surface area contributed by atoms with Crippen LogP contribution in [0.25, 0.3) is 0 Å². The predicted molar refractivity (Wildman–Crippen MR) is 94.9 cm³/mol. The highest BCUT2D eigenvalue weighted by Crippen LogP contribution is 2.20. The number of aromatic nitrogens is 1. The Morgan fingerprint density at radius 3 is 2.48 bits per heavy atom. The second-order valence-electron chi connectivity index (χ2n) is 6.02. The van der Waals surface area contributed by atoms with Gasteiger partial charge in [0.25, 0.3) is 0 Å². The molecule has 0 bridgehead atoms. The van der Waals surface area contributed by atoms with Crippen molar-refractivity contribution in [2.75, 3.05) is 18.4 Å². The first-order chi connectivity index (χ1) is 11.7. The predicted octanol–water partition coefficient (Wildman–Crippen LogP) is 2.92. The van der Waals surface area contributed by atoms with E-state index >= 15 is 0 Å². The summed E-state index contributed by atoms with van der Waals surface area (Å²) in [7, 11) is -3.83. The third-order valence-electron chi connectivity index (χ3n) is 3.24. The number of hydrogen-bond donors (Lipinski definition) is 1. The Morgan fingerprint density at radius 1 is 1.32 bits per heavy atom. The molecule has 0 saturated carbocycles. The topological polar surface area (TPSA) is 92.5 Å². The molecule has 0 atom stereocenters. The minimum Gasteiger partial charge on any atom is -0.360 e. The van der Waals surface area contributed by atoms with E-state index in [1.54, 1.807) is 13.0 Å². The number of carbonyl (C=O) groups is 1. The third kappa shape index (κ3) is 5.29. The fourth-order valence-electron chi connectivity index (χ4n) is 2.18. The van der Waals surface area contributed by atoms with Gasteiger partial charge in [0.1, 0.15) is 5.76 Å². The smallest absolute Gasteiger partial charge is 0.243 e. The number of amides is 1. The number of hydrogen-bond acceptors (Lipinski definition) is 5. The van der Waals surface area contributed by atoms with Crippen LogP contribution in [0.4, 0.5) is 5.82 Å². The lowest BCUT2D eigenvalue weighted by atomic mass is 10.2. The molecular weight excluding hydrogens is 366 g/mol. The molecule has 2 rings (SSSR count). The monoisotopic (exact) mass is 385 g/mol. The number of anilines is 1. The van der Waals surface area contributed by atoms with E-state index in [-0.39, 0.29) is 29.7 Å². The molecule has 1 heterocycles. The number of carbonyl (C=O) groups excluding carboxylic acids is 1. The average Bonchev–Trinajstić information content (AvgIpc) is 2.91. The molecule has 0 saturated heterocycles. The fraction of sp³-hybridized carbons (Fsp3) is 0.375. The highest BCUT2D eigenvalue weighted by atomic mass is 35.5. The number of nitrogens with zero attached hydrogens (tertiary/aromatic N) is 2. The maximum Gasteiger partial charge on any atom is 0.243 e. The van der Waals surface area contributed by atoms with E-state index in [0.29, 0.717) is 10.8 Å². The molecule has 0 aliphatic heterocycles. The Labute approximate surface area is 152 Å². The maximum atomic E-state index is 12.8. The second kappa shape index (κ2) is 7.99. The molecule has 1 N–H and O–H groups in total. The summed E-state index contributed by atoms with van der Waals surface area (Å²) in [4.78, 5) is 12.3. The highest BCUT2D eigenvalue weighted by Gasteiger charge is 2.27. The third-order valence-corrected chi connectivity index (χ3v) is 5.31. The van der Waals surface area contributed by atoms with Crippen LogP contribution < -0.4 is 5.32 Å². The minimum atomic E-state index is -3.83. The standard InChI is InChI=1S/C16H20ClN3O4S/c1-11(2)9-20(10-16(21)18-15-8-12(3)24-19-15)25(22,23)14-6-4-13(17)5-7-14/h4-8,11H,9-10H2,1-3H3,(H,18,19,21). The van der Waals surface area contributed by atoms with Gasteiger partial charge in [-0.2, -0.15) is 4.31 Å². The van der Waals surface area contributed by atoms with Crippen molar-refractivity contribution in [1.82, 2.24) is 9.46 Å². The molecule has 1 amide bonds. The van der Waals surface area contributed by atoms with Crippen LogP contribution in [-0.2, 0) is 14.8 Å². The normalized spacial score (nSPS) is 11.9. The molecule has 136 valence electrons. The first-order valence-corrected chi connectivity index (χ1v) is 9.49. The van der Waals surface area contributed by atoms with E-state index in [9.17, 15) is 13.2 Å². The van der Waals surface area contributed by atoms with E-state index in [2.05, 4.69) is 10.5 Å². The summed E-state index contributed by atoms with van der Waals surface area (Å²) in [5.41, 5.74) is 0. The fourth-order valence-corrected chi connectivity index (χ4v) is 3.86. The molecule has 0 aliphatic carbocycles. The van der Waals surface area contributed by atoms with Gasteiger partial charge in [0.15, 0.2) is 5.82 Å². The first kappa shape index (κ1) is 19.4. The average molecular weight is 386 g/mol. The molecule has 0 fully saturated rings. The van der Waals surface area contributed by atoms with Gasteiger partial charge in [-0.25, -0.2) is 8.42 Å². The molecule has 0 radical (unpaired) electrons. The van der Waals surface area contributed by atoms with Crippen molar-refractivity contribution in [2.24, 2.45) is 5.92 Å². The Hall–Kier alpha value is -1.90. The molecular formula is C16H20ClN3O4S. The Kier molecular flexibility index (Phi) is 6.21. The van der Waals surface area contributed by atoms with Crippen LogP contribution in [0, 0.1) is 12.8 Å². The highest BCUT2D eigenvalue weighted by molar-refractivity contribution is 7.89. The zero-order valence-electron chi connectivity index (χ0n) is 14.2. The van der Waals surface area contributed by atoms with Gasteiger partial charge in [0.2, 0.25) is 15.9 Å². The molecule has 0 spiro atoms. The molecule has 9 heteroatoms. The number of nitrogens with one attached hydrogen (secondary N) is 1. The van der Waals surface area contributed by atoms with Gasteiger partial charge >= 0.3 is 0 Å². The number of halogens is 1. The maximum absolute atomic E-state index is 12.8. The number of sulfonamides is 1. The van der Waals surface area contributed by atoms with Gasteiger partial charge in [0.05, 0.1) is 11.4 Å². The van der Waals surface area contributed by atoms with Crippen molar-refractivity contribution in [2.45, 2.75) is 25.7 Å². The van der Waals surface area contributed by atoms with E-state index < -0.39 is 15.9 Å². The first-order valence-electron chi connectivity index (χ1n) is 7.67. The van der Waals surface area contributed by atoms with Crippen LogP contribution in [0.1, 0.15) is 19.6 Å². The Morgan fingerprint density at radius 2 is 1.96 bits per heavy atom. The van der Waals surface area contributed by atoms with Crippen molar-refractivity contribution in [3.63, 3.8) is 0 Å². The molecule has 0 unspecified atom stereocenters. The van der Waals surface area contributed by atoms with Crippen LogP contribution in [0.15, 0.2) is 39.8 Å². The summed E-state index contributed by atoms with van der Waals surface area (Å²) in [6, 6.07) is 7.40. The molecule has 1 aromatic carbocycles. The van der Waals surface area contributed by atoms with E-state index in [0.717, 1.165) is 4.31 Å². The summed E-state index contributed by atoms with van der Waals surface area (Å²) < 4.78 is 31.7. The van der Waals surface area contributed by atoms with Crippen molar-refractivity contribution in [1.29, 1.82) is 0 Å². The molecule has 2 aromatic rings. The van der Waals surface area contributed by atoms with Crippen LogP contribution in [0.5, 0.6) is 0 Å². The molecule has 25 heavy (non-hydrogen) atoms. The lowest BCUT2D eigenvalue weighted by Crippen LogP contribution is -2.40. The van der Waals surface area contributed by atoms with Crippen molar-refractivity contribution >= 4 is 33.3 Å². The number of benzene rings is 1. The van der Waals surface area contributed by atoms with Crippen molar-refractivity contribution < 1.29 is 17.7 Å². The van der Waals surface area contributed by atoms with Gasteiger partial charge in [-0.05, 0) is 37.1 Å². The zero-order valence-corrected chi connectivity index (χ0v) is 15.8. The summed E-state index contributed by atoms with van der Waals surface area (Å²) in [5, 5.41) is 6.63. The van der Waals surface area contributed by atoms with Crippen LogP contribution in [0.3, 0.4) is 0 Å². The molecule has 7 nitrogen and oxygen atoms in total. The summed E-state index contributed by atoms with van der Waals surface area (Å²) >= 11 is 5.81. The van der Waals surface area contributed by atoms with Crippen molar-refractivity contribution in [3.8, 4) is 0 Å². The van der Waals surface area contributed by atoms with E-state index in [1.165, 1.54) is 24.3 Å². The van der Waals surface area contributed by atoms with Gasteiger partial charge < -0.3 is 9.84 Å². The SMILES string of the molecule is Cc1cc(NC(=O)CN(CC(C)C)S(=O)(=O)c2ccc(Cl)cc2)no1. The quantitative estimate of drug-likeness (QED) is 0.791. The molecule has 1 aromatic heterocycles. The lowest BCUT2D eigenvalue weighted by Gasteiger charge is -2.23. The van der Waals surface area contributed by atoms with E-state index in [4.69, 9.17) is 16.1 Å². The second-order valence-corrected chi connectivity index (χ2v) is 8.39. The number of rotatable bonds is 7. The van der Waals surface area contributed by atoms with Gasteiger partial charge in [-0.3, -0.25) is 4.79 Å². The van der Waals surface area contributed by atoms with E-state index in [1.807, 2.05) is 13.8 Å². The summed E-state index contributed by atoms with van der Waals surface area (Å²) in [6.45, 7) is 5.33. The van der Waals surface area contributed by atoms with Crippen LogP contribution in [0.2, 0.25) is 5.02 Å². The summed E-state index contributed by atoms with van der Waals surface area (Å²) in [6.07, 6.45) is 0. The van der Waals surface area contributed by atoms with Crippen LogP contribution >= 0.6 is 11.6 Å². The lowest BCUT2D eigenvalue weighted by molar-refractivity contribution is -0.116. The van der Waals surface area contributed by atoms with Crippen LogP contribution in [-0.4, -0.2) is 36.9 Å². The molecule has 0 aliphatic rings.